The van der Waals surface area contributed by atoms with Crippen molar-refractivity contribution in [3.05, 3.63) is 34.3 Å². The van der Waals surface area contributed by atoms with Gasteiger partial charge in [-0.15, -0.1) is 11.3 Å². The number of piperidine rings is 1. The normalized spacial score (nSPS) is 20.8. The molecule has 1 fully saturated rings. The molecule has 0 N–H and O–H groups in total. The van der Waals surface area contributed by atoms with Crippen LogP contribution < -0.4 is 0 Å². The number of thiazole rings is 1. The van der Waals surface area contributed by atoms with E-state index in [2.05, 4.69) is 34.6 Å². The van der Waals surface area contributed by atoms with E-state index in [1.54, 1.807) is 11.3 Å². The van der Waals surface area contributed by atoms with Gasteiger partial charge in [0.15, 0.2) is 0 Å². The summed E-state index contributed by atoms with van der Waals surface area (Å²) in [6.45, 7) is 5.41. The maximum absolute atomic E-state index is 4.69. The summed E-state index contributed by atoms with van der Waals surface area (Å²) in [5.41, 5.74) is 3.04. The average Bonchev–Trinajstić information content (AvgIpc) is 2.99. The van der Waals surface area contributed by atoms with E-state index in [4.69, 9.17) is 4.98 Å². The lowest BCUT2D eigenvalue weighted by molar-refractivity contribution is 0.196. The molecule has 0 aliphatic carbocycles. The van der Waals surface area contributed by atoms with E-state index in [1.807, 2.05) is 11.7 Å². The standard InChI is InChI=1S/C14H20N4S/c1-11-7-17(2)14(16-11)12-4-3-5-18(8-12)9-13-6-15-10-19-13/h6-7,10,12H,3-5,8-9H2,1-2H3. The fraction of sp³-hybridized carbons (Fsp3) is 0.571. The van der Waals surface area contributed by atoms with Gasteiger partial charge in [0, 0.05) is 43.3 Å². The van der Waals surface area contributed by atoms with Gasteiger partial charge in [0.25, 0.3) is 0 Å². The van der Waals surface area contributed by atoms with Gasteiger partial charge in [-0.2, -0.15) is 0 Å². The van der Waals surface area contributed by atoms with Crippen LogP contribution in [-0.2, 0) is 13.6 Å². The second kappa shape index (κ2) is 5.43. The molecular weight excluding hydrogens is 256 g/mol. The zero-order chi connectivity index (χ0) is 13.2. The number of aromatic nitrogens is 3. The second-order valence-corrected chi connectivity index (χ2v) is 6.36. The van der Waals surface area contributed by atoms with Gasteiger partial charge in [0.05, 0.1) is 11.2 Å². The molecule has 19 heavy (non-hydrogen) atoms. The quantitative estimate of drug-likeness (QED) is 0.864. The van der Waals surface area contributed by atoms with Gasteiger partial charge in [-0.1, -0.05) is 0 Å². The fourth-order valence-electron chi connectivity index (χ4n) is 2.96. The molecule has 1 saturated heterocycles. The Morgan fingerprint density at radius 1 is 1.47 bits per heavy atom. The van der Waals surface area contributed by atoms with Crippen LogP contribution in [0.25, 0.3) is 0 Å². The van der Waals surface area contributed by atoms with Crippen LogP contribution in [0.2, 0.25) is 0 Å². The molecule has 102 valence electrons. The van der Waals surface area contributed by atoms with Crippen LogP contribution in [-0.4, -0.2) is 32.5 Å². The van der Waals surface area contributed by atoms with E-state index in [1.165, 1.54) is 30.1 Å². The Morgan fingerprint density at radius 3 is 3.05 bits per heavy atom. The van der Waals surface area contributed by atoms with Gasteiger partial charge < -0.3 is 4.57 Å². The molecule has 3 rings (SSSR count). The fourth-order valence-corrected chi connectivity index (χ4v) is 3.60. The van der Waals surface area contributed by atoms with Crippen LogP contribution in [0.3, 0.4) is 0 Å². The summed E-state index contributed by atoms with van der Waals surface area (Å²) in [6, 6.07) is 0. The summed E-state index contributed by atoms with van der Waals surface area (Å²) in [4.78, 5) is 12.7. The third-order valence-electron chi connectivity index (χ3n) is 3.77. The molecule has 2 aromatic rings. The smallest absolute Gasteiger partial charge is 0.113 e. The molecule has 1 unspecified atom stereocenters. The lowest BCUT2D eigenvalue weighted by Gasteiger charge is -2.31. The Labute approximate surface area is 118 Å². The van der Waals surface area contributed by atoms with Crippen molar-refractivity contribution in [3.63, 3.8) is 0 Å². The number of rotatable bonds is 3. The highest BCUT2D eigenvalue weighted by atomic mass is 32.1. The van der Waals surface area contributed by atoms with Crippen molar-refractivity contribution >= 4 is 11.3 Å². The van der Waals surface area contributed by atoms with Crippen LogP contribution in [0.15, 0.2) is 17.9 Å². The minimum absolute atomic E-state index is 0.570. The van der Waals surface area contributed by atoms with E-state index in [9.17, 15) is 0 Å². The molecule has 0 spiro atoms. The first-order chi connectivity index (χ1) is 9.22. The average molecular weight is 276 g/mol. The molecule has 2 aromatic heterocycles. The van der Waals surface area contributed by atoms with Crippen LogP contribution in [0, 0.1) is 6.92 Å². The highest BCUT2D eigenvalue weighted by molar-refractivity contribution is 7.09. The molecule has 3 heterocycles. The molecule has 0 aromatic carbocycles. The van der Waals surface area contributed by atoms with Crippen LogP contribution in [0.1, 0.15) is 35.2 Å². The molecule has 0 saturated carbocycles. The molecule has 4 nitrogen and oxygen atoms in total. The highest BCUT2D eigenvalue weighted by Crippen LogP contribution is 2.27. The number of imidazole rings is 1. The third-order valence-corrected chi connectivity index (χ3v) is 4.53. The van der Waals surface area contributed by atoms with Gasteiger partial charge in [-0.25, -0.2) is 4.98 Å². The van der Waals surface area contributed by atoms with E-state index in [0.717, 1.165) is 18.8 Å². The molecule has 1 atom stereocenters. The summed E-state index contributed by atoms with van der Waals surface area (Å²) < 4.78 is 2.19. The maximum Gasteiger partial charge on any atom is 0.113 e. The van der Waals surface area contributed by atoms with Crippen molar-refractivity contribution in [2.24, 2.45) is 7.05 Å². The molecule has 5 heteroatoms. The zero-order valence-corrected chi connectivity index (χ0v) is 12.4. The number of hydrogen-bond donors (Lipinski definition) is 0. The summed E-state index contributed by atoms with van der Waals surface area (Å²) >= 11 is 1.75. The van der Waals surface area contributed by atoms with Crippen molar-refractivity contribution < 1.29 is 0 Å². The molecule has 1 aliphatic heterocycles. The van der Waals surface area contributed by atoms with E-state index < -0.39 is 0 Å². The Balaban J connectivity index is 1.69. The summed E-state index contributed by atoms with van der Waals surface area (Å²) in [5.74, 6) is 1.81. The van der Waals surface area contributed by atoms with E-state index in [-0.39, 0.29) is 0 Å². The summed E-state index contributed by atoms with van der Waals surface area (Å²) in [5, 5.41) is 0. The minimum Gasteiger partial charge on any atom is -0.337 e. The maximum atomic E-state index is 4.69. The predicted octanol–water partition coefficient (Wildman–Crippen LogP) is 2.56. The number of aryl methyl sites for hydroxylation is 2. The highest BCUT2D eigenvalue weighted by Gasteiger charge is 2.24. The number of hydrogen-bond acceptors (Lipinski definition) is 4. The first-order valence-corrected chi connectivity index (χ1v) is 7.70. The second-order valence-electron chi connectivity index (χ2n) is 5.39. The Morgan fingerprint density at radius 2 is 2.37 bits per heavy atom. The zero-order valence-electron chi connectivity index (χ0n) is 11.5. The van der Waals surface area contributed by atoms with Gasteiger partial charge in [0.2, 0.25) is 0 Å². The molecular formula is C14H20N4S. The van der Waals surface area contributed by atoms with E-state index in [0.29, 0.717) is 5.92 Å². The van der Waals surface area contributed by atoms with Crippen LogP contribution in [0.5, 0.6) is 0 Å². The first-order valence-electron chi connectivity index (χ1n) is 6.82. The summed E-state index contributed by atoms with van der Waals surface area (Å²) in [6.07, 6.45) is 6.62. The molecule has 1 aliphatic rings. The lowest BCUT2D eigenvalue weighted by Crippen LogP contribution is -2.34. The SMILES string of the molecule is Cc1cn(C)c(C2CCCN(Cc3cncs3)C2)n1. The lowest BCUT2D eigenvalue weighted by atomic mass is 9.97. The minimum atomic E-state index is 0.570. The Hall–Kier alpha value is -1.20. The van der Waals surface area contributed by atoms with Crippen molar-refractivity contribution in [1.29, 1.82) is 0 Å². The Kier molecular flexibility index (Phi) is 3.66. The number of likely N-dealkylation sites (tertiary alicyclic amines) is 1. The van der Waals surface area contributed by atoms with Gasteiger partial charge >= 0.3 is 0 Å². The van der Waals surface area contributed by atoms with Crippen molar-refractivity contribution in [2.45, 2.75) is 32.2 Å². The van der Waals surface area contributed by atoms with Crippen LogP contribution in [0.4, 0.5) is 0 Å². The van der Waals surface area contributed by atoms with Crippen molar-refractivity contribution in [2.75, 3.05) is 13.1 Å². The van der Waals surface area contributed by atoms with E-state index >= 15 is 0 Å². The number of nitrogens with zero attached hydrogens (tertiary/aromatic N) is 4. The third kappa shape index (κ3) is 2.87. The molecule has 0 amide bonds. The Bertz CT molecular complexity index is 532. The van der Waals surface area contributed by atoms with Crippen molar-refractivity contribution in [3.8, 4) is 0 Å². The van der Waals surface area contributed by atoms with Gasteiger partial charge in [-0.05, 0) is 26.3 Å². The monoisotopic (exact) mass is 276 g/mol. The topological polar surface area (TPSA) is 34.0 Å². The largest absolute Gasteiger partial charge is 0.337 e. The first kappa shape index (κ1) is 12.8. The van der Waals surface area contributed by atoms with Gasteiger partial charge in [-0.3, -0.25) is 9.88 Å². The summed E-state index contributed by atoms with van der Waals surface area (Å²) in [7, 11) is 2.11. The molecule has 0 radical (unpaired) electrons. The predicted molar refractivity (Wildman–Crippen MR) is 77.3 cm³/mol. The van der Waals surface area contributed by atoms with Crippen LogP contribution >= 0.6 is 11.3 Å². The molecule has 0 bridgehead atoms. The van der Waals surface area contributed by atoms with Gasteiger partial charge in [0.1, 0.15) is 5.82 Å². The van der Waals surface area contributed by atoms with Crippen molar-refractivity contribution in [1.82, 2.24) is 19.4 Å².